The Morgan fingerprint density at radius 3 is 2.84 bits per heavy atom. The number of alkyl halides is 1. The number of carbonyl (C=O) groups excluding carboxylic acids is 1. The first-order valence-corrected chi connectivity index (χ1v) is 8.16. The SMILES string of the molecule is O=C(CCc1ncc(-c2ccccc2Cl)o1)N1CCC(F)(C(=O)O)C1. The molecule has 2 heterocycles. The van der Waals surface area contributed by atoms with Crippen LogP contribution in [0.25, 0.3) is 11.3 Å². The summed E-state index contributed by atoms with van der Waals surface area (Å²) >= 11 is 6.10. The van der Waals surface area contributed by atoms with Crippen molar-refractivity contribution in [2.75, 3.05) is 13.1 Å². The van der Waals surface area contributed by atoms with Crippen LogP contribution in [-0.2, 0) is 16.0 Å². The summed E-state index contributed by atoms with van der Waals surface area (Å²) in [5, 5.41) is 9.40. The summed E-state index contributed by atoms with van der Waals surface area (Å²) in [6, 6.07) is 7.17. The molecule has 132 valence electrons. The lowest BCUT2D eigenvalue weighted by Gasteiger charge is -2.17. The predicted octanol–water partition coefficient (Wildman–Crippen LogP) is 2.95. The van der Waals surface area contributed by atoms with E-state index in [1.165, 1.54) is 11.1 Å². The van der Waals surface area contributed by atoms with E-state index in [0.717, 1.165) is 0 Å². The first-order valence-electron chi connectivity index (χ1n) is 7.79. The largest absolute Gasteiger partial charge is 0.479 e. The highest BCUT2D eigenvalue weighted by atomic mass is 35.5. The number of carboxylic acid groups (broad SMARTS) is 1. The Labute approximate surface area is 148 Å². The van der Waals surface area contributed by atoms with Crippen LogP contribution in [0.3, 0.4) is 0 Å². The van der Waals surface area contributed by atoms with E-state index in [2.05, 4.69) is 4.98 Å². The number of carboxylic acids is 1. The summed E-state index contributed by atoms with van der Waals surface area (Å²) in [7, 11) is 0. The van der Waals surface area contributed by atoms with E-state index in [0.29, 0.717) is 22.2 Å². The van der Waals surface area contributed by atoms with Gasteiger partial charge in [0.2, 0.25) is 11.6 Å². The third-order valence-electron chi connectivity index (χ3n) is 4.20. The fraction of sp³-hybridized carbons (Fsp3) is 0.353. The van der Waals surface area contributed by atoms with Crippen LogP contribution in [0.4, 0.5) is 4.39 Å². The number of aliphatic carboxylic acids is 1. The molecule has 1 N–H and O–H groups in total. The number of aromatic nitrogens is 1. The topological polar surface area (TPSA) is 83.6 Å². The maximum atomic E-state index is 14.0. The number of likely N-dealkylation sites (tertiary alicyclic amines) is 1. The fourth-order valence-electron chi connectivity index (χ4n) is 2.74. The van der Waals surface area contributed by atoms with Crippen LogP contribution in [0.1, 0.15) is 18.7 Å². The molecule has 0 radical (unpaired) electrons. The van der Waals surface area contributed by atoms with E-state index >= 15 is 0 Å². The second-order valence-corrected chi connectivity index (χ2v) is 6.34. The summed E-state index contributed by atoms with van der Waals surface area (Å²) in [5.74, 6) is -0.978. The van der Waals surface area contributed by atoms with Crippen LogP contribution in [-0.4, -0.2) is 45.6 Å². The molecule has 1 unspecified atom stereocenters. The lowest BCUT2D eigenvalue weighted by molar-refractivity contribution is -0.150. The Bertz CT molecular complexity index is 809. The van der Waals surface area contributed by atoms with Gasteiger partial charge in [0.15, 0.2) is 11.7 Å². The molecule has 1 aromatic heterocycles. The minimum absolute atomic E-state index is 0.0676. The maximum absolute atomic E-state index is 14.0. The minimum Gasteiger partial charge on any atom is -0.479 e. The molecule has 2 aromatic rings. The molecule has 25 heavy (non-hydrogen) atoms. The van der Waals surface area contributed by atoms with Crippen molar-refractivity contribution in [3.63, 3.8) is 0 Å². The van der Waals surface area contributed by atoms with Crippen LogP contribution < -0.4 is 0 Å². The normalized spacial score (nSPS) is 20.0. The molecule has 1 fully saturated rings. The highest BCUT2D eigenvalue weighted by molar-refractivity contribution is 6.33. The molecule has 1 atom stereocenters. The lowest BCUT2D eigenvalue weighted by Crippen LogP contribution is -2.38. The summed E-state index contributed by atoms with van der Waals surface area (Å²) in [5.41, 5.74) is -1.65. The number of nitrogens with zero attached hydrogens (tertiary/aromatic N) is 2. The summed E-state index contributed by atoms with van der Waals surface area (Å²) in [6.07, 6.45) is 1.65. The standard InChI is InChI=1S/C17H16ClFN2O4/c18-12-4-2-1-3-11(12)13-9-20-14(25-13)5-6-15(22)21-8-7-17(19,10-21)16(23)24/h1-4,9H,5-8,10H2,(H,23,24). The van der Waals surface area contributed by atoms with Crippen molar-refractivity contribution in [3.8, 4) is 11.3 Å². The minimum atomic E-state index is -2.35. The molecule has 0 saturated carbocycles. The van der Waals surface area contributed by atoms with E-state index in [4.69, 9.17) is 21.1 Å². The van der Waals surface area contributed by atoms with Crippen LogP contribution in [0, 0.1) is 0 Å². The molecule has 1 aliphatic rings. The highest BCUT2D eigenvalue weighted by Crippen LogP contribution is 2.29. The zero-order valence-corrected chi connectivity index (χ0v) is 14.0. The van der Waals surface area contributed by atoms with Crippen LogP contribution in [0.2, 0.25) is 5.02 Å². The lowest BCUT2D eigenvalue weighted by atomic mass is 10.1. The van der Waals surface area contributed by atoms with E-state index < -0.39 is 18.2 Å². The van der Waals surface area contributed by atoms with Crippen LogP contribution >= 0.6 is 11.6 Å². The van der Waals surface area contributed by atoms with Gasteiger partial charge in [0, 0.05) is 31.4 Å². The Kier molecular flexibility index (Phi) is 4.76. The van der Waals surface area contributed by atoms with E-state index in [9.17, 15) is 14.0 Å². The second kappa shape index (κ2) is 6.84. The van der Waals surface area contributed by atoms with Gasteiger partial charge in [-0.3, -0.25) is 4.79 Å². The smallest absolute Gasteiger partial charge is 0.343 e. The first kappa shape index (κ1) is 17.4. The van der Waals surface area contributed by atoms with Gasteiger partial charge >= 0.3 is 5.97 Å². The van der Waals surface area contributed by atoms with Gasteiger partial charge in [-0.05, 0) is 12.1 Å². The van der Waals surface area contributed by atoms with Gasteiger partial charge in [0.1, 0.15) is 0 Å². The summed E-state index contributed by atoms with van der Waals surface area (Å²) < 4.78 is 19.6. The molecule has 1 amide bonds. The number of amides is 1. The number of oxazole rings is 1. The second-order valence-electron chi connectivity index (χ2n) is 5.93. The number of hydrogen-bond donors (Lipinski definition) is 1. The maximum Gasteiger partial charge on any atom is 0.343 e. The molecule has 1 aliphatic heterocycles. The van der Waals surface area contributed by atoms with Gasteiger partial charge in [-0.25, -0.2) is 14.2 Å². The molecule has 0 aliphatic carbocycles. The number of hydrogen-bond acceptors (Lipinski definition) is 4. The van der Waals surface area contributed by atoms with Gasteiger partial charge in [-0.15, -0.1) is 0 Å². The average molecular weight is 367 g/mol. The first-order chi connectivity index (χ1) is 11.9. The molecule has 1 aromatic carbocycles. The number of aryl methyl sites for hydroxylation is 1. The monoisotopic (exact) mass is 366 g/mol. The van der Waals surface area contributed by atoms with Gasteiger partial charge in [0.25, 0.3) is 0 Å². The molecule has 6 nitrogen and oxygen atoms in total. The van der Waals surface area contributed by atoms with Crippen molar-refractivity contribution < 1.29 is 23.5 Å². The third kappa shape index (κ3) is 3.66. The molecule has 1 saturated heterocycles. The third-order valence-corrected chi connectivity index (χ3v) is 4.53. The number of carbonyl (C=O) groups is 2. The molecule has 8 heteroatoms. The fourth-order valence-corrected chi connectivity index (χ4v) is 2.97. The van der Waals surface area contributed by atoms with Gasteiger partial charge in [-0.2, -0.15) is 0 Å². The van der Waals surface area contributed by atoms with Crippen molar-refractivity contribution in [1.29, 1.82) is 0 Å². The zero-order chi connectivity index (χ0) is 18.0. The Morgan fingerprint density at radius 2 is 2.16 bits per heavy atom. The van der Waals surface area contributed by atoms with Crippen LogP contribution in [0.5, 0.6) is 0 Å². The summed E-state index contributed by atoms with van der Waals surface area (Å²) in [4.78, 5) is 28.4. The summed E-state index contributed by atoms with van der Waals surface area (Å²) in [6.45, 7) is -0.324. The van der Waals surface area contributed by atoms with Crippen LogP contribution in [0.15, 0.2) is 34.9 Å². The molecular weight excluding hydrogens is 351 g/mol. The van der Waals surface area contributed by atoms with Gasteiger partial charge in [-0.1, -0.05) is 23.7 Å². The Hall–Kier alpha value is -2.41. The number of benzene rings is 1. The van der Waals surface area contributed by atoms with Crippen molar-refractivity contribution in [3.05, 3.63) is 41.4 Å². The predicted molar refractivity (Wildman–Crippen MR) is 87.9 cm³/mol. The number of halogens is 2. The Balaban J connectivity index is 1.59. The number of rotatable bonds is 5. The molecule has 0 bridgehead atoms. The van der Waals surface area contributed by atoms with E-state index in [1.807, 2.05) is 6.07 Å². The molecular formula is C17H16ClFN2O4. The average Bonchev–Trinajstić information content (AvgIpc) is 3.21. The van der Waals surface area contributed by atoms with E-state index in [-0.39, 0.29) is 31.7 Å². The van der Waals surface area contributed by atoms with Crippen molar-refractivity contribution in [1.82, 2.24) is 9.88 Å². The molecule has 0 spiro atoms. The molecule has 3 rings (SSSR count). The quantitative estimate of drug-likeness (QED) is 0.879. The van der Waals surface area contributed by atoms with Gasteiger partial charge in [0.05, 0.1) is 17.8 Å². The van der Waals surface area contributed by atoms with Gasteiger partial charge < -0.3 is 14.4 Å². The zero-order valence-electron chi connectivity index (χ0n) is 13.2. The van der Waals surface area contributed by atoms with Crippen molar-refractivity contribution in [2.45, 2.75) is 24.9 Å². The van der Waals surface area contributed by atoms with Crippen molar-refractivity contribution in [2.24, 2.45) is 0 Å². The van der Waals surface area contributed by atoms with E-state index in [1.54, 1.807) is 18.2 Å². The highest BCUT2D eigenvalue weighted by Gasteiger charge is 2.46. The van der Waals surface area contributed by atoms with Crippen molar-refractivity contribution >= 4 is 23.5 Å². The Morgan fingerprint density at radius 1 is 1.40 bits per heavy atom.